The largest absolute Gasteiger partial charge is 0.453 e. The zero-order chi connectivity index (χ0) is 37.0. The molecule has 0 saturated carbocycles. The molecule has 0 aliphatic heterocycles. The molecule has 0 fully saturated rings. The molecule has 3 aromatic heterocycles. The van der Waals surface area contributed by atoms with Gasteiger partial charge in [0.05, 0.1) is 28.1 Å². The highest BCUT2D eigenvalue weighted by atomic mass is 16.3. The number of benzene rings is 8. The van der Waals surface area contributed by atoms with E-state index in [4.69, 9.17) is 14.4 Å². The maximum Gasteiger partial charge on any atom is 0.160 e. The SMILES string of the molecule is c1ccc(-c2nc(-c3ccc4c5ccccc5n(-c5cccc6c5oc5c(-c7ccccc7)cccc56)c4c3)cc(-c3ccccc3-c3ccccc3)n2)cc1. The number of nitrogens with zero attached hydrogens (tertiary/aromatic N) is 3. The van der Waals surface area contributed by atoms with Crippen molar-refractivity contribution in [1.82, 2.24) is 14.5 Å². The summed E-state index contributed by atoms with van der Waals surface area (Å²) in [6, 6.07) is 70.1. The zero-order valence-electron chi connectivity index (χ0n) is 30.3. The van der Waals surface area contributed by atoms with Crippen molar-refractivity contribution in [3.05, 3.63) is 200 Å². The van der Waals surface area contributed by atoms with Gasteiger partial charge in [-0.25, -0.2) is 9.97 Å². The van der Waals surface area contributed by atoms with Crippen LogP contribution in [0.5, 0.6) is 0 Å². The van der Waals surface area contributed by atoms with Gasteiger partial charge in [0.25, 0.3) is 0 Å². The number of hydrogen-bond acceptors (Lipinski definition) is 3. The van der Waals surface area contributed by atoms with Crippen molar-refractivity contribution >= 4 is 43.7 Å². The van der Waals surface area contributed by atoms with Crippen molar-refractivity contribution in [2.75, 3.05) is 0 Å². The van der Waals surface area contributed by atoms with Crippen molar-refractivity contribution in [2.45, 2.75) is 0 Å². The molecule has 56 heavy (non-hydrogen) atoms. The monoisotopic (exact) mass is 715 g/mol. The molecule has 4 heteroatoms. The van der Waals surface area contributed by atoms with Crippen LogP contribution in [0.3, 0.4) is 0 Å². The van der Waals surface area contributed by atoms with Gasteiger partial charge in [0.2, 0.25) is 0 Å². The first-order valence-corrected chi connectivity index (χ1v) is 18.9. The minimum absolute atomic E-state index is 0.683. The van der Waals surface area contributed by atoms with Gasteiger partial charge >= 0.3 is 0 Å². The van der Waals surface area contributed by atoms with Crippen LogP contribution in [0.2, 0.25) is 0 Å². The number of fused-ring (bicyclic) bond motifs is 6. The molecule has 0 radical (unpaired) electrons. The van der Waals surface area contributed by atoms with Crippen LogP contribution in [0.4, 0.5) is 0 Å². The van der Waals surface area contributed by atoms with Gasteiger partial charge in [-0.3, -0.25) is 0 Å². The summed E-state index contributed by atoms with van der Waals surface area (Å²) in [5.41, 5.74) is 14.2. The molecular formula is C52H33N3O. The molecule has 0 saturated heterocycles. The van der Waals surface area contributed by atoms with Gasteiger partial charge in [0.1, 0.15) is 5.58 Å². The molecule has 3 heterocycles. The van der Waals surface area contributed by atoms with Crippen LogP contribution in [-0.4, -0.2) is 14.5 Å². The van der Waals surface area contributed by atoms with E-state index >= 15 is 0 Å². The lowest BCUT2D eigenvalue weighted by Gasteiger charge is -2.13. The third-order valence-corrected chi connectivity index (χ3v) is 10.8. The van der Waals surface area contributed by atoms with Crippen molar-refractivity contribution < 1.29 is 4.42 Å². The molecule has 8 aromatic carbocycles. The number of para-hydroxylation sites is 3. The van der Waals surface area contributed by atoms with Gasteiger partial charge in [-0.15, -0.1) is 0 Å². The number of furan rings is 1. The minimum Gasteiger partial charge on any atom is -0.453 e. The van der Waals surface area contributed by atoms with Crippen LogP contribution < -0.4 is 0 Å². The quantitative estimate of drug-likeness (QED) is 0.172. The number of hydrogen-bond donors (Lipinski definition) is 0. The van der Waals surface area contributed by atoms with Crippen LogP contribution in [0, 0.1) is 0 Å². The molecule has 0 bridgehead atoms. The lowest BCUT2D eigenvalue weighted by molar-refractivity contribution is 0.667. The maximum absolute atomic E-state index is 6.94. The molecule has 0 unspecified atom stereocenters. The molecule has 4 nitrogen and oxygen atoms in total. The topological polar surface area (TPSA) is 43.9 Å². The lowest BCUT2D eigenvalue weighted by atomic mass is 9.96. The van der Waals surface area contributed by atoms with E-state index in [1.807, 2.05) is 24.3 Å². The van der Waals surface area contributed by atoms with Crippen LogP contribution in [-0.2, 0) is 0 Å². The van der Waals surface area contributed by atoms with Crippen molar-refractivity contribution in [3.63, 3.8) is 0 Å². The second-order valence-corrected chi connectivity index (χ2v) is 14.1. The predicted molar refractivity (Wildman–Crippen MR) is 231 cm³/mol. The summed E-state index contributed by atoms with van der Waals surface area (Å²) in [6.45, 7) is 0. The Kier molecular flexibility index (Phi) is 7.46. The fourth-order valence-electron chi connectivity index (χ4n) is 8.24. The van der Waals surface area contributed by atoms with Crippen LogP contribution >= 0.6 is 0 Å². The summed E-state index contributed by atoms with van der Waals surface area (Å²) in [7, 11) is 0. The molecule has 262 valence electrons. The van der Waals surface area contributed by atoms with Gasteiger partial charge in [0, 0.05) is 43.8 Å². The summed E-state index contributed by atoms with van der Waals surface area (Å²) in [5.74, 6) is 0.683. The predicted octanol–water partition coefficient (Wildman–Crippen LogP) is 13.8. The van der Waals surface area contributed by atoms with Gasteiger partial charge < -0.3 is 8.98 Å². The van der Waals surface area contributed by atoms with Crippen molar-refractivity contribution in [2.24, 2.45) is 0 Å². The molecular weight excluding hydrogens is 683 g/mol. The van der Waals surface area contributed by atoms with Crippen molar-refractivity contribution in [1.29, 1.82) is 0 Å². The van der Waals surface area contributed by atoms with E-state index in [0.717, 1.165) is 94.4 Å². The van der Waals surface area contributed by atoms with E-state index in [-0.39, 0.29) is 0 Å². The fraction of sp³-hybridized carbons (Fsp3) is 0. The molecule has 0 amide bonds. The third kappa shape index (κ3) is 5.23. The second kappa shape index (κ2) is 13.1. The minimum atomic E-state index is 0.683. The first kappa shape index (κ1) is 31.9. The fourth-order valence-corrected chi connectivity index (χ4v) is 8.24. The Labute approximate surface area is 323 Å². The van der Waals surface area contributed by atoms with E-state index in [2.05, 4.69) is 180 Å². The average Bonchev–Trinajstić information content (AvgIpc) is 3.83. The molecule has 0 aliphatic carbocycles. The highest BCUT2D eigenvalue weighted by molar-refractivity contribution is 6.14. The molecule has 0 atom stereocenters. The number of rotatable bonds is 6. The highest BCUT2D eigenvalue weighted by Crippen LogP contribution is 2.42. The Balaban J connectivity index is 1.15. The van der Waals surface area contributed by atoms with Crippen molar-refractivity contribution in [3.8, 4) is 61.8 Å². The summed E-state index contributed by atoms with van der Waals surface area (Å²) < 4.78 is 9.29. The second-order valence-electron chi connectivity index (χ2n) is 14.1. The smallest absolute Gasteiger partial charge is 0.160 e. The van der Waals surface area contributed by atoms with E-state index in [0.29, 0.717) is 5.82 Å². The Bertz CT molecular complexity index is 3240. The average molecular weight is 716 g/mol. The maximum atomic E-state index is 6.94. The third-order valence-electron chi connectivity index (χ3n) is 10.8. The normalized spacial score (nSPS) is 11.6. The zero-order valence-corrected chi connectivity index (χ0v) is 30.3. The summed E-state index contributed by atoms with van der Waals surface area (Å²) in [4.78, 5) is 10.4. The lowest BCUT2D eigenvalue weighted by Crippen LogP contribution is -1.98. The van der Waals surface area contributed by atoms with Gasteiger partial charge in [-0.2, -0.15) is 0 Å². The van der Waals surface area contributed by atoms with Crippen LogP contribution in [0.1, 0.15) is 0 Å². The molecule has 0 N–H and O–H groups in total. The van der Waals surface area contributed by atoms with E-state index in [9.17, 15) is 0 Å². The van der Waals surface area contributed by atoms with Gasteiger partial charge in [-0.05, 0) is 41.0 Å². The van der Waals surface area contributed by atoms with Crippen LogP contribution in [0.15, 0.2) is 205 Å². The van der Waals surface area contributed by atoms with E-state index < -0.39 is 0 Å². The molecule has 0 spiro atoms. The standard InChI is InChI=1S/C52H33N3O/c1-4-16-34(17-5-1)38-22-10-11-23-40(38)46-33-45(53-52(54-46)36-20-8-3-9-21-36)37-30-31-42-41-24-12-13-28-47(41)55(49(42)32-37)48-29-15-27-44-43-26-14-25-39(50(43)56-51(44)48)35-18-6-2-7-19-35/h1-33H. The Hall–Kier alpha value is -7.56. The van der Waals surface area contributed by atoms with E-state index in [1.54, 1.807) is 0 Å². The molecule has 0 aliphatic rings. The highest BCUT2D eigenvalue weighted by Gasteiger charge is 2.21. The summed E-state index contributed by atoms with van der Waals surface area (Å²) >= 11 is 0. The Morgan fingerprint density at radius 1 is 0.339 bits per heavy atom. The van der Waals surface area contributed by atoms with E-state index in [1.165, 1.54) is 5.39 Å². The van der Waals surface area contributed by atoms with Gasteiger partial charge in [0.15, 0.2) is 11.4 Å². The molecule has 11 aromatic rings. The summed E-state index contributed by atoms with van der Waals surface area (Å²) in [6.07, 6.45) is 0. The summed E-state index contributed by atoms with van der Waals surface area (Å²) in [5, 5.41) is 4.52. The number of aromatic nitrogens is 3. The Morgan fingerprint density at radius 2 is 0.893 bits per heavy atom. The van der Waals surface area contributed by atoms with Crippen LogP contribution in [0.25, 0.3) is 106 Å². The van der Waals surface area contributed by atoms with Gasteiger partial charge in [-0.1, -0.05) is 176 Å². The first-order valence-electron chi connectivity index (χ1n) is 18.9. The first-order chi connectivity index (χ1) is 27.8. The molecule has 11 rings (SSSR count). The Morgan fingerprint density at radius 3 is 1.66 bits per heavy atom.